The van der Waals surface area contributed by atoms with Crippen LogP contribution >= 0.6 is 0 Å². The van der Waals surface area contributed by atoms with Crippen molar-refractivity contribution in [2.24, 2.45) is 0 Å². The van der Waals surface area contributed by atoms with E-state index in [9.17, 15) is 27.1 Å². The Morgan fingerprint density at radius 1 is 0.944 bits per heavy atom. The number of hydrogen-bond donors (Lipinski definition) is 1. The molecule has 0 fully saturated rings. The van der Waals surface area contributed by atoms with Gasteiger partial charge in [-0.05, 0) is 47.2 Å². The first-order chi connectivity index (χ1) is 17.0. The molecule has 2 heterocycles. The lowest BCUT2D eigenvalue weighted by molar-refractivity contribution is -0.274. The highest BCUT2D eigenvalue weighted by Crippen LogP contribution is 2.38. The molecular formula is C23H17F6N5O2. The summed E-state index contributed by atoms with van der Waals surface area (Å²) in [5.74, 6) is -2.30. The van der Waals surface area contributed by atoms with E-state index < -0.39 is 41.6 Å². The smallest absolute Gasteiger partial charge is 0.406 e. The van der Waals surface area contributed by atoms with Gasteiger partial charge in [0.2, 0.25) is 0 Å². The maximum absolute atomic E-state index is 16.0. The molecule has 36 heavy (non-hydrogen) atoms. The number of rotatable bonds is 7. The van der Waals surface area contributed by atoms with E-state index in [4.69, 9.17) is 0 Å². The molecule has 1 N–H and O–H groups in total. The van der Waals surface area contributed by atoms with E-state index in [1.165, 1.54) is 30.5 Å². The van der Waals surface area contributed by atoms with Crippen LogP contribution < -0.4 is 4.74 Å². The molecule has 0 aliphatic rings. The van der Waals surface area contributed by atoms with Gasteiger partial charge in [0.1, 0.15) is 35.9 Å². The third kappa shape index (κ3) is 5.30. The summed E-state index contributed by atoms with van der Waals surface area (Å²) in [7, 11) is 0. The van der Waals surface area contributed by atoms with Crippen LogP contribution in [0.5, 0.6) is 5.75 Å². The number of ether oxygens (including phenoxy) is 1. The van der Waals surface area contributed by atoms with Crippen LogP contribution in [0.2, 0.25) is 0 Å². The van der Waals surface area contributed by atoms with Gasteiger partial charge in [-0.15, -0.1) is 18.3 Å². The van der Waals surface area contributed by atoms with Crippen LogP contribution in [0.3, 0.4) is 0 Å². The summed E-state index contributed by atoms with van der Waals surface area (Å²) >= 11 is 0. The molecular weight excluding hydrogens is 492 g/mol. The maximum atomic E-state index is 16.0. The van der Waals surface area contributed by atoms with Gasteiger partial charge in [-0.1, -0.05) is 24.3 Å². The first kappa shape index (κ1) is 25.1. The average molecular weight is 509 g/mol. The summed E-state index contributed by atoms with van der Waals surface area (Å²) in [6.07, 6.45) is -4.48. The lowest BCUT2D eigenvalue weighted by Crippen LogP contribution is -2.41. The minimum absolute atomic E-state index is 0.226. The van der Waals surface area contributed by atoms with Crippen LogP contribution in [-0.2, 0) is 5.67 Å². The first-order valence-electron chi connectivity index (χ1n) is 10.3. The van der Waals surface area contributed by atoms with E-state index in [-0.39, 0.29) is 11.3 Å². The molecule has 7 nitrogen and oxygen atoms in total. The maximum Gasteiger partial charge on any atom is 0.573 e. The van der Waals surface area contributed by atoms with Crippen molar-refractivity contribution in [3.05, 3.63) is 90.0 Å². The molecule has 13 heteroatoms. The van der Waals surface area contributed by atoms with Crippen LogP contribution in [0.4, 0.5) is 26.3 Å². The molecule has 2 aromatic heterocycles. The average Bonchev–Trinajstić information content (AvgIpc) is 3.34. The fraction of sp³-hybridized carbons (Fsp3) is 0.217. The minimum atomic E-state index is -4.83. The van der Waals surface area contributed by atoms with Crippen molar-refractivity contribution in [1.82, 2.24) is 25.2 Å². The van der Waals surface area contributed by atoms with Gasteiger partial charge in [0.15, 0.2) is 5.67 Å². The van der Waals surface area contributed by atoms with Gasteiger partial charge in [0.05, 0.1) is 5.69 Å². The molecule has 0 saturated heterocycles. The molecule has 4 rings (SSSR count). The number of aliphatic hydroxyl groups is 1. The molecule has 0 saturated carbocycles. The number of nitrogens with zero attached hydrogens (tertiary/aromatic N) is 5. The topological polar surface area (TPSA) is 86.0 Å². The molecule has 3 unspecified atom stereocenters. The molecule has 3 atom stereocenters. The number of benzene rings is 2. The van der Waals surface area contributed by atoms with E-state index in [0.29, 0.717) is 17.2 Å². The fourth-order valence-corrected chi connectivity index (χ4v) is 3.65. The molecule has 2 aromatic carbocycles. The van der Waals surface area contributed by atoms with Gasteiger partial charge in [-0.25, -0.2) is 17.9 Å². The Kier molecular flexibility index (Phi) is 6.67. The summed E-state index contributed by atoms with van der Waals surface area (Å²) in [6.45, 7) is 1.03. The second kappa shape index (κ2) is 9.57. The van der Waals surface area contributed by atoms with Gasteiger partial charge >= 0.3 is 6.36 Å². The second-order valence-electron chi connectivity index (χ2n) is 7.93. The Morgan fingerprint density at radius 3 is 2.19 bits per heavy atom. The number of aliphatic hydroxyl groups excluding tert-OH is 1. The first-order valence-corrected chi connectivity index (χ1v) is 10.3. The van der Waals surface area contributed by atoms with Crippen LogP contribution in [0, 0.1) is 11.6 Å². The Balaban J connectivity index is 1.62. The van der Waals surface area contributed by atoms with E-state index in [1.807, 2.05) is 0 Å². The summed E-state index contributed by atoms with van der Waals surface area (Å²) in [6, 6.07) is 8.83. The molecule has 188 valence electrons. The number of tetrazole rings is 1. The highest BCUT2D eigenvalue weighted by atomic mass is 19.4. The van der Waals surface area contributed by atoms with Crippen LogP contribution in [0.15, 0.2) is 67.1 Å². The zero-order valence-corrected chi connectivity index (χ0v) is 18.4. The van der Waals surface area contributed by atoms with E-state index in [2.05, 4.69) is 25.2 Å². The zero-order valence-electron chi connectivity index (χ0n) is 18.4. The van der Waals surface area contributed by atoms with Crippen LogP contribution in [0.25, 0.3) is 11.1 Å². The normalized spacial score (nSPS) is 15.2. The number of aromatic nitrogens is 5. The fourth-order valence-electron chi connectivity index (χ4n) is 3.65. The molecule has 0 aliphatic carbocycles. The molecule has 0 aliphatic heterocycles. The van der Waals surface area contributed by atoms with Gasteiger partial charge < -0.3 is 9.84 Å². The lowest BCUT2D eigenvalue weighted by atomic mass is 9.87. The highest BCUT2D eigenvalue weighted by Gasteiger charge is 2.44. The van der Waals surface area contributed by atoms with Crippen molar-refractivity contribution in [3.63, 3.8) is 0 Å². The molecule has 0 bridgehead atoms. The summed E-state index contributed by atoms with van der Waals surface area (Å²) < 4.78 is 85.8. The molecule has 0 amide bonds. The summed E-state index contributed by atoms with van der Waals surface area (Å²) in [5, 5.41) is 21.5. The summed E-state index contributed by atoms with van der Waals surface area (Å²) in [4.78, 5) is 4.06. The third-order valence-corrected chi connectivity index (χ3v) is 5.47. The predicted molar refractivity (Wildman–Crippen MR) is 113 cm³/mol. The zero-order chi connectivity index (χ0) is 26.1. The van der Waals surface area contributed by atoms with Crippen molar-refractivity contribution < 1.29 is 36.2 Å². The van der Waals surface area contributed by atoms with Crippen molar-refractivity contribution in [3.8, 4) is 16.9 Å². The minimum Gasteiger partial charge on any atom is -0.406 e. The molecule has 0 spiro atoms. The molecule has 0 radical (unpaired) electrons. The van der Waals surface area contributed by atoms with Crippen molar-refractivity contribution in [1.29, 1.82) is 0 Å². The number of alkyl halides is 4. The van der Waals surface area contributed by atoms with E-state index >= 15 is 4.39 Å². The Morgan fingerprint density at radius 2 is 1.64 bits per heavy atom. The van der Waals surface area contributed by atoms with Crippen LogP contribution in [0.1, 0.15) is 24.2 Å². The highest BCUT2D eigenvalue weighted by molar-refractivity contribution is 5.63. The monoisotopic (exact) mass is 509 g/mol. The van der Waals surface area contributed by atoms with Crippen molar-refractivity contribution in [2.45, 2.75) is 31.1 Å². The molecule has 4 aromatic rings. The standard InChI is InChI=1S/C23H17F6N5O2/c1-22(26,21(35)20(34-12-31-32-33-34)17-8-5-15(24)10-18(17)25)19-9-4-14(11-30-19)13-2-6-16(7-3-13)36-23(27,28)29/h2-12,20-21,35H,1H3. The quantitative estimate of drug-likeness (QED) is 0.362. The number of hydrogen-bond acceptors (Lipinski definition) is 6. The van der Waals surface area contributed by atoms with Crippen LogP contribution in [-0.4, -0.2) is 42.8 Å². The second-order valence-corrected chi connectivity index (χ2v) is 7.93. The van der Waals surface area contributed by atoms with E-state index in [1.54, 1.807) is 0 Å². The van der Waals surface area contributed by atoms with E-state index in [0.717, 1.165) is 42.2 Å². The summed E-state index contributed by atoms with van der Waals surface area (Å²) in [5.41, 5.74) is -2.12. The largest absolute Gasteiger partial charge is 0.573 e. The Labute approximate surface area is 200 Å². The van der Waals surface area contributed by atoms with Gasteiger partial charge in [-0.2, -0.15) is 0 Å². The SMILES string of the molecule is CC(F)(c1ccc(-c2ccc(OC(F)(F)F)cc2)cn1)C(O)C(c1ccc(F)cc1F)n1cnnn1. The van der Waals surface area contributed by atoms with Gasteiger partial charge in [-0.3, -0.25) is 4.98 Å². The Hall–Kier alpha value is -4.00. The van der Waals surface area contributed by atoms with Crippen molar-refractivity contribution >= 4 is 0 Å². The third-order valence-electron chi connectivity index (χ3n) is 5.47. The van der Waals surface area contributed by atoms with Gasteiger partial charge in [0, 0.05) is 23.4 Å². The Bertz CT molecular complexity index is 1310. The number of pyridine rings is 1. The number of halogens is 6. The lowest BCUT2D eigenvalue weighted by Gasteiger charge is -2.32. The van der Waals surface area contributed by atoms with Gasteiger partial charge in [0.25, 0.3) is 0 Å². The predicted octanol–water partition coefficient (Wildman–Crippen LogP) is 4.75. The van der Waals surface area contributed by atoms with Crippen molar-refractivity contribution in [2.75, 3.05) is 0 Å².